The number of aromatic amines is 1. The highest BCUT2D eigenvalue weighted by atomic mass is 19.4. The van der Waals surface area contributed by atoms with Crippen molar-refractivity contribution in [1.82, 2.24) is 15.2 Å². The predicted octanol–water partition coefficient (Wildman–Crippen LogP) is 3.84. The zero-order valence-electron chi connectivity index (χ0n) is 15.3. The number of H-pyrrole nitrogens is 1. The normalized spacial score (nSPS) is 20.0. The predicted molar refractivity (Wildman–Crippen MR) is 103 cm³/mol. The van der Waals surface area contributed by atoms with Crippen LogP contribution in [0.5, 0.6) is 0 Å². The van der Waals surface area contributed by atoms with Crippen molar-refractivity contribution in [2.75, 3.05) is 13.1 Å². The van der Waals surface area contributed by atoms with Gasteiger partial charge in [-0.15, -0.1) is 0 Å². The highest BCUT2D eigenvalue weighted by molar-refractivity contribution is 5.87. The first kappa shape index (κ1) is 18.6. The number of allylic oxidation sites excluding steroid dienone is 1. The fraction of sp³-hybridized carbons (Fsp3) is 0.350. The van der Waals surface area contributed by atoms with E-state index in [1.807, 2.05) is 12.3 Å². The molecule has 0 amide bonds. The van der Waals surface area contributed by atoms with Gasteiger partial charge in [0, 0.05) is 29.9 Å². The van der Waals surface area contributed by atoms with E-state index in [2.05, 4.69) is 20.2 Å². The van der Waals surface area contributed by atoms with E-state index in [0.29, 0.717) is 12.1 Å². The van der Waals surface area contributed by atoms with Crippen molar-refractivity contribution < 1.29 is 13.2 Å². The number of halogens is 3. The van der Waals surface area contributed by atoms with Crippen LogP contribution in [0, 0.1) is 5.92 Å². The molecule has 0 spiro atoms. The highest BCUT2D eigenvalue weighted by Crippen LogP contribution is 2.33. The number of nitrogens with one attached hydrogen (secondary N) is 2. The van der Waals surface area contributed by atoms with E-state index in [4.69, 9.17) is 5.73 Å². The molecule has 2 aliphatic rings. The monoisotopic (exact) mass is 389 g/mol. The topological polar surface area (TPSA) is 69.4 Å². The minimum Gasteiger partial charge on any atom is -0.400 e. The molecule has 4 rings (SSSR count). The number of piperidine rings is 1. The molecule has 8 heteroatoms. The second-order valence-corrected chi connectivity index (χ2v) is 7.22. The summed E-state index contributed by atoms with van der Waals surface area (Å²) in [6, 6.07) is 7.51. The van der Waals surface area contributed by atoms with Crippen molar-refractivity contribution in [3.8, 4) is 0 Å². The third kappa shape index (κ3) is 3.77. The summed E-state index contributed by atoms with van der Waals surface area (Å²) in [4.78, 5) is 9.51. The smallest absolute Gasteiger partial charge is 0.400 e. The van der Waals surface area contributed by atoms with Crippen LogP contribution in [0.1, 0.15) is 29.5 Å². The number of fused-ring (bicyclic) bond motifs is 1. The fourth-order valence-corrected chi connectivity index (χ4v) is 3.86. The lowest BCUT2D eigenvalue weighted by atomic mass is 9.91. The Bertz CT molecular complexity index is 905. The molecule has 0 bridgehead atoms. The molecule has 2 aromatic rings. The van der Waals surface area contributed by atoms with E-state index >= 15 is 0 Å². The molecule has 0 radical (unpaired) electrons. The molecule has 28 heavy (non-hydrogen) atoms. The van der Waals surface area contributed by atoms with Crippen molar-refractivity contribution in [3.63, 3.8) is 0 Å². The first-order valence-corrected chi connectivity index (χ1v) is 9.27. The molecule has 148 valence electrons. The summed E-state index contributed by atoms with van der Waals surface area (Å²) in [6.07, 6.45) is 0.889. The van der Waals surface area contributed by atoms with Gasteiger partial charge in [-0.1, -0.05) is 18.2 Å². The Hall–Kier alpha value is -2.74. The fourth-order valence-electron chi connectivity index (χ4n) is 3.86. The number of aromatic nitrogens is 1. The molecule has 1 saturated heterocycles. The number of hydrogen-bond acceptors (Lipinski definition) is 4. The maximum atomic E-state index is 12.9. The van der Waals surface area contributed by atoms with Crippen molar-refractivity contribution in [2.45, 2.75) is 25.6 Å². The van der Waals surface area contributed by atoms with E-state index in [-0.39, 0.29) is 5.92 Å². The molecule has 3 heterocycles. The Morgan fingerprint density at radius 3 is 2.75 bits per heavy atom. The molecular weight excluding hydrogens is 367 g/mol. The lowest BCUT2D eigenvalue weighted by molar-refractivity contribution is -0.137. The lowest BCUT2D eigenvalue weighted by Gasteiger charge is -2.33. The van der Waals surface area contributed by atoms with Gasteiger partial charge in [0.1, 0.15) is 5.82 Å². The van der Waals surface area contributed by atoms with Gasteiger partial charge in [-0.25, -0.2) is 4.99 Å². The Labute approximate surface area is 161 Å². The number of likely N-dealkylation sites (tertiary alicyclic amines) is 1. The summed E-state index contributed by atoms with van der Waals surface area (Å²) in [5, 5.41) is 3.15. The number of rotatable bonds is 3. The zero-order chi connectivity index (χ0) is 19.7. The molecule has 0 saturated carbocycles. The first-order valence-electron chi connectivity index (χ1n) is 9.27. The van der Waals surface area contributed by atoms with Crippen LogP contribution in [-0.4, -0.2) is 29.3 Å². The van der Waals surface area contributed by atoms with Gasteiger partial charge < -0.3 is 16.0 Å². The van der Waals surface area contributed by atoms with Crippen molar-refractivity contribution in [1.29, 1.82) is 0 Å². The number of nitrogens with zero attached hydrogens (tertiary/aromatic N) is 2. The minimum atomic E-state index is -4.31. The van der Waals surface area contributed by atoms with Crippen LogP contribution in [0.15, 0.2) is 47.2 Å². The van der Waals surface area contributed by atoms with Gasteiger partial charge in [0.25, 0.3) is 0 Å². The number of alkyl halides is 3. The van der Waals surface area contributed by atoms with Crippen LogP contribution in [-0.2, 0) is 12.7 Å². The van der Waals surface area contributed by atoms with Crippen LogP contribution < -0.4 is 11.1 Å². The number of nitrogens with two attached hydrogens (primary N) is 1. The van der Waals surface area contributed by atoms with Crippen molar-refractivity contribution >= 4 is 17.9 Å². The van der Waals surface area contributed by atoms with Crippen molar-refractivity contribution in [3.05, 3.63) is 58.9 Å². The van der Waals surface area contributed by atoms with E-state index < -0.39 is 11.7 Å². The minimum absolute atomic E-state index is 0.231. The van der Waals surface area contributed by atoms with E-state index in [0.717, 1.165) is 54.8 Å². The third-order valence-electron chi connectivity index (χ3n) is 5.37. The molecule has 0 atom stereocenters. The Morgan fingerprint density at radius 1 is 1.21 bits per heavy atom. The first-order chi connectivity index (χ1) is 13.4. The Balaban J connectivity index is 1.40. The second-order valence-electron chi connectivity index (χ2n) is 7.22. The molecule has 4 N–H and O–H groups in total. The Morgan fingerprint density at radius 2 is 2.00 bits per heavy atom. The molecule has 1 aromatic heterocycles. The van der Waals surface area contributed by atoms with Crippen LogP contribution in [0.4, 0.5) is 19.0 Å². The van der Waals surface area contributed by atoms with Crippen LogP contribution in [0.2, 0.25) is 0 Å². The molecule has 0 aliphatic carbocycles. The summed E-state index contributed by atoms with van der Waals surface area (Å²) >= 11 is 0. The zero-order valence-corrected chi connectivity index (χ0v) is 15.3. The van der Waals surface area contributed by atoms with Crippen LogP contribution in [0.25, 0.3) is 5.70 Å². The van der Waals surface area contributed by atoms with Gasteiger partial charge in [-0.2, -0.15) is 13.2 Å². The molecule has 1 aromatic carbocycles. The highest BCUT2D eigenvalue weighted by Gasteiger charge is 2.31. The van der Waals surface area contributed by atoms with Gasteiger partial charge in [0.05, 0.1) is 17.6 Å². The van der Waals surface area contributed by atoms with Gasteiger partial charge in [0.15, 0.2) is 0 Å². The van der Waals surface area contributed by atoms with Crippen molar-refractivity contribution in [2.24, 2.45) is 16.6 Å². The standard InChI is InChI=1S/C20H22F3N5/c21-20(22,23)15-3-1-2-13(10-15)11-28-8-5-14(6-9-28)17(24)18-16-4-7-25-19(16)27-12-26-18/h1-4,7,10,12,14,25H,5-6,8-9,11,24H2,(H,26,27)/b18-17-. The second kappa shape index (κ2) is 7.35. The maximum Gasteiger partial charge on any atom is 0.416 e. The molecule has 5 nitrogen and oxygen atoms in total. The van der Waals surface area contributed by atoms with E-state index in [9.17, 15) is 13.2 Å². The Kier molecular flexibility index (Phi) is 4.89. The summed E-state index contributed by atoms with van der Waals surface area (Å²) in [6.45, 7) is 2.10. The van der Waals surface area contributed by atoms with Crippen LogP contribution >= 0.6 is 0 Å². The maximum absolute atomic E-state index is 12.9. The summed E-state index contributed by atoms with van der Waals surface area (Å²) in [7, 11) is 0. The summed E-state index contributed by atoms with van der Waals surface area (Å²) < 4.78 is 38.7. The van der Waals surface area contributed by atoms with Gasteiger partial charge in [-0.3, -0.25) is 4.90 Å². The SMILES string of the molecule is N/C(=C1\NC=Nc2[nH]ccc21)C1CCN(Cc2cccc(C(F)(F)F)c2)CC1. The molecular formula is C20H22F3N5. The lowest BCUT2D eigenvalue weighted by Crippen LogP contribution is -2.36. The number of aliphatic imine (C=N–C) groups is 1. The summed E-state index contributed by atoms with van der Waals surface area (Å²) in [5.74, 6) is 1.02. The van der Waals surface area contributed by atoms with Gasteiger partial charge in [0.2, 0.25) is 0 Å². The molecule has 2 aliphatic heterocycles. The average molecular weight is 389 g/mol. The van der Waals surface area contributed by atoms with E-state index in [1.54, 1.807) is 12.4 Å². The van der Waals surface area contributed by atoms with Crippen LogP contribution in [0.3, 0.4) is 0 Å². The van der Waals surface area contributed by atoms with E-state index in [1.165, 1.54) is 12.1 Å². The van der Waals surface area contributed by atoms with Gasteiger partial charge in [-0.05, 0) is 43.6 Å². The average Bonchev–Trinajstić information content (AvgIpc) is 3.16. The third-order valence-corrected chi connectivity index (χ3v) is 5.37. The molecule has 0 unspecified atom stereocenters. The number of hydrogen-bond donors (Lipinski definition) is 3. The quantitative estimate of drug-likeness (QED) is 0.747. The summed E-state index contributed by atoms with van der Waals surface area (Å²) in [5.41, 5.74) is 9.21. The largest absolute Gasteiger partial charge is 0.416 e. The molecule has 1 fully saturated rings. The number of benzene rings is 1. The van der Waals surface area contributed by atoms with Gasteiger partial charge >= 0.3 is 6.18 Å².